The average Bonchev–Trinajstić information content (AvgIpc) is 2.75. The number of ether oxygens (including phenoxy) is 3. The maximum atomic E-state index is 12.4. The third kappa shape index (κ3) is 7.32. The lowest BCUT2D eigenvalue weighted by Gasteiger charge is -2.25. The van der Waals surface area contributed by atoms with Crippen molar-refractivity contribution in [1.82, 2.24) is 4.90 Å². The van der Waals surface area contributed by atoms with Crippen molar-refractivity contribution in [2.75, 3.05) is 40.5 Å². The lowest BCUT2D eigenvalue weighted by molar-refractivity contribution is -0.124. The molecule has 0 radical (unpaired) electrons. The van der Waals surface area contributed by atoms with Gasteiger partial charge < -0.3 is 24.2 Å². The van der Waals surface area contributed by atoms with Gasteiger partial charge in [-0.25, -0.2) is 0 Å². The van der Waals surface area contributed by atoms with Crippen LogP contribution in [0.4, 0.5) is 0 Å². The van der Waals surface area contributed by atoms with Gasteiger partial charge in [-0.15, -0.1) is 0 Å². The summed E-state index contributed by atoms with van der Waals surface area (Å²) < 4.78 is 16.2. The highest BCUT2D eigenvalue weighted by Crippen LogP contribution is 2.27. The smallest absolute Gasteiger partial charge is 0.137 e. The minimum atomic E-state index is -0.637. The zero-order valence-corrected chi connectivity index (χ0v) is 17.5. The molecule has 0 amide bonds. The monoisotopic (exact) mass is 393 g/mol. The first-order valence-corrected chi connectivity index (χ1v) is 10.3. The van der Waals surface area contributed by atoms with Crippen molar-refractivity contribution in [1.29, 1.82) is 0 Å². The number of hydrogen-bond acceptors (Lipinski definition) is 6. The van der Waals surface area contributed by atoms with Crippen LogP contribution in [-0.2, 0) is 4.79 Å². The number of nitrogens with zero attached hydrogens (tertiary/aromatic N) is 1. The van der Waals surface area contributed by atoms with Gasteiger partial charge in [0.25, 0.3) is 0 Å². The lowest BCUT2D eigenvalue weighted by atomic mass is 9.85. The molecule has 0 bridgehead atoms. The fourth-order valence-corrected chi connectivity index (χ4v) is 3.68. The molecule has 2 rings (SSSR count). The van der Waals surface area contributed by atoms with Gasteiger partial charge in [0.05, 0.1) is 14.2 Å². The first kappa shape index (κ1) is 22.5. The van der Waals surface area contributed by atoms with Crippen LogP contribution in [0.3, 0.4) is 0 Å². The topological polar surface area (TPSA) is 68.2 Å². The molecule has 0 aliphatic heterocycles. The highest BCUT2D eigenvalue weighted by Gasteiger charge is 2.21. The Hall–Kier alpha value is -1.79. The van der Waals surface area contributed by atoms with Crippen LogP contribution in [0.1, 0.15) is 45.4 Å². The van der Waals surface area contributed by atoms with E-state index in [1.807, 2.05) is 6.92 Å². The number of aliphatic hydroxyl groups is 1. The van der Waals surface area contributed by atoms with Crippen LogP contribution in [0.15, 0.2) is 18.2 Å². The first-order chi connectivity index (χ1) is 13.5. The zero-order valence-electron chi connectivity index (χ0n) is 17.5. The summed E-state index contributed by atoms with van der Waals surface area (Å²) >= 11 is 0. The standard InChI is InChI=1S/C22H35NO5/c1-4-23(11-10-22(25)17-8-6-5-7-9-17)15-18(24)16-28-21-13-19(26-2)12-20(14-21)27-3/h12-14,17-18,24H,4-11,15-16H2,1-3H3. The fourth-order valence-electron chi connectivity index (χ4n) is 3.68. The molecule has 0 saturated heterocycles. The third-order valence-electron chi connectivity index (χ3n) is 5.42. The van der Waals surface area contributed by atoms with Crippen molar-refractivity contribution < 1.29 is 24.1 Å². The maximum absolute atomic E-state index is 12.4. The summed E-state index contributed by atoms with van der Waals surface area (Å²) in [6, 6.07) is 5.29. The van der Waals surface area contributed by atoms with Crippen LogP contribution >= 0.6 is 0 Å². The van der Waals surface area contributed by atoms with E-state index in [1.165, 1.54) is 19.3 Å². The summed E-state index contributed by atoms with van der Waals surface area (Å²) in [7, 11) is 3.17. The van der Waals surface area contributed by atoms with Gasteiger partial charge in [-0.2, -0.15) is 0 Å². The summed E-state index contributed by atoms with van der Waals surface area (Å²) in [4.78, 5) is 14.5. The quantitative estimate of drug-likeness (QED) is 0.588. The van der Waals surface area contributed by atoms with Crippen LogP contribution in [-0.4, -0.2) is 62.4 Å². The van der Waals surface area contributed by atoms with Gasteiger partial charge >= 0.3 is 0 Å². The first-order valence-electron chi connectivity index (χ1n) is 10.3. The summed E-state index contributed by atoms with van der Waals surface area (Å²) in [5.74, 6) is 2.50. The summed E-state index contributed by atoms with van der Waals surface area (Å²) in [6.45, 7) is 4.18. The number of carbonyl (C=O) groups excluding carboxylic acids is 1. The molecule has 0 heterocycles. The molecule has 1 aliphatic rings. The van der Waals surface area contributed by atoms with Gasteiger partial charge in [-0.3, -0.25) is 4.79 Å². The second kappa shape index (κ2) is 11.9. The number of ketones is 1. The molecule has 1 saturated carbocycles. The van der Waals surface area contributed by atoms with E-state index >= 15 is 0 Å². The Morgan fingerprint density at radius 1 is 1.11 bits per heavy atom. The van der Waals surface area contributed by atoms with E-state index < -0.39 is 6.10 Å². The van der Waals surface area contributed by atoms with Crippen LogP contribution in [0, 0.1) is 5.92 Å². The SMILES string of the molecule is CCN(CCC(=O)C1CCCCC1)CC(O)COc1cc(OC)cc(OC)c1. The van der Waals surface area contributed by atoms with Crippen LogP contribution < -0.4 is 14.2 Å². The molecule has 6 heteroatoms. The third-order valence-corrected chi connectivity index (χ3v) is 5.42. The molecule has 1 N–H and O–H groups in total. The Morgan fingerprint density at radius 2 is 1.71 bits per heavy atom. The molecule has 1 atom stereocenters. The van der Waals surface area contributed by atoms with Gasteiger partial charge in [0.1, 0.15) is 35.7 Å². The number of benzene rings is 1. The predicted octanol–water partition coefficient (Wildman–Crippen LogP) is 3.30. The number of aliphatic hydroxyl groups excluding tert-OH is 1. The van der Waals surface area contributed by atoms with Crippen LogP contribution in [0.2, 0.25) is 0 Å². The van der Waals surface area contributed by atoms with Gasteiger partial charge in [0.2, 0.25) is 0 Å². The van der Waals surface area contributed by atoms with Crippen molar-refractivity contribution in [3.63, 3.8) is 0 Å². The summed E-state index contributed by atoms with van der Waals surface area (Å²) in [5.41, 5.74) is 0. The largest absolute Gasteiger partial charge is 0.496 e. The second-order valence-electron chi connectivity index (χ2n) is 7.46. The molecule has 1 aromatic carbocycles. The molecule has 28 heavy (non-hydrogen) atoms. The van der Waals surface area contributed by atoms with E-state index in [0.29, 0.717) is 42.5 Å². The fraction of sp³-hybridized carbons (Fsp3) is 0.682. The van der Waals surface area contributed by atoms with E-state index in [0.717, 1.165) is 19.4 Å². The van der Waals surface area contributed by atoms with Crippen LogP contribution in [0.5, 0.6) is 17.2 Å². The minimum absolute atomic E-state index is 0.170. The Labute approximate surface area is 168 Å². The Bertz CT molecular complexity index is 578. The Kier molecular flexibility index (Phi) is 9.58. The molecule has 1 aliphatic carbocycles. The molecule has 0 spiro atoms. The van der Waals surface area contributed by atoms with E-state index in [-0.39, 0.29) is 12.5 Å². The average molecular weight is 394 g/mol. The molecule has 1 aromatic rings. The number of carbonyl (C=O) groups is 1. The van der Waals surface area contributed by atoms with Crippen molar-refractivity contribution in [3.05, 3.63) is 18.2 Å². The number of hydrogen-bond donors (Lipinski definition) is 1. The molecule has 1 fully saturated rings. The predicted molar refractivity (Wildman–Crippen MR) is 109 cm³/mol. The number of rotatable bonds is 12. The van der Waals surface area contributed by atoms with E-state index in [2.05, 4.69) is 4.90 Å². The molecular formula is C22H35NO5. The van der Waals surface area contributed by atoms with E-state index in [4.69, 9.17) is 14.2 Å². The lowest BCUT2D eigenvalue weighted by Crippen LogP contribution is -2.37. The molecule has 0 aromatic heterocycles. The Balaban J connectivity index is 1.77. The molecule has 6 nitrogen and oxygen atoms in total. The van der Waals surface area contributed by atoms with Gasteiger partial charge in [0, 0.05) is 43.6 Å². The Morgan fingerprint density at radius 3 is 2.29 bits per heavy atom. The van der Waals surface area contributed by atoms with Crippen molar-refractivity contribution in [2.45, 2.75) is 51.6 Å². The number of methoxy groups -OCH3 is 2. The number of Topliss-reactive ketones (excluding diaryl/α,β-unsaturated/α-hetero) is 1. The highest BCUT2D eigenvalue weighted by atomic mass is 16.5. The summed E-state index contributed by atoms with van der Waals surface area (Å²) in [6.07, 6.45) is 5.64. The molecule has 1 unspecified atom stereocenters. The van der Waals surface area contributed by atoms with Crippen molar-refractivity contribution >= 4 is 5.78 Å². The van der Waals surface area contributed by atoms with E-state index in [9.17, 15) is 9.90 Å². The maximum Gasteiger partial charge on any atom is 0.137 e. The zero-order chi connectivity index (χ0) is 20.4. The highest BCUT2D eigenvalue weighted by molar-refractivity contribution is 5.81. The number of likely N-dealkylation sites (N-methyl/N-ethyl adjacent to an activating group) is 1. The van der Waals surface area contributed by atoms with E-state index in [1.54, 1.807) is 32.4 Å². The van der Waals surface area contributed by atoms with Crippen molar-refractivity contribution in [2.24, 2.45) is 5.92 Å². The normalized spacial score (nSPS) is 16.0. The minimum Gasteiger partial charge on any atom is -0.496 e. The summed E-state index contributed by atoms with van der Waals surface area (Å²) in [5, 5.41) is 10.4. The van der Waals surface area contributed by atoms with Crippen molar-refractivity contribution in [3.8, 4) is 17.2 Å². The molecular weight excluding hydrogens is 358 g/mol. The van der Waals surface area contributed by atoms with Gasteiger partial charge in [-0.05, 0) is 19.4 Å². The molecule has 158 valence electrons. The van der Waals surface area contributed by atoms with Gasteiger partial charge in [-0.1, -0.05) is 26.2 Å². The van der Waals surface area contributed by atoms with Crippen LogP contribution in [0.25, 0.3) is 0 Å². The van der Waals surface area contributed by atoms with Gasteiger partial charge in [0.15, 0.2) is 0 Å². The second-order valence-corrected chi connectivity index (χ2v) is 7.46.